The summed E-state index contributed by atoms with van der Waals surface area (Å²) in [6.45, 7) is -0.257. The Hall–Kier alpha value is -6.59. The Kier molecular flexibility index (Phi) is 6.50. The Bertz CT molecular complexity index is 3100. The summed E-state index contributed by atoms with van der Waals surface area (Å²) in [5, 5.41) is 7.96. The van der Waals surface area contributed by atoms with Crippen LogP contribution >= 0.6 is 0 Å². The van der Waals surface area contributed by atoms with E-state index in [9.17, 15) is 0 Å². The summed E-state index contributed by atoms with van der Waals surface area (Å²) in [5.74, 6) is 0.627. The summed E-state index contributed by atoms with van der Waals surface area (Å²) in [6, 6.07) is 56.5. The Morgan fingerprint density at radius 1 is 0.528 bits per heavy atom. The van der Waals surface area contributed by atoms with E-state index in [4.69, 9.17) is 14.4 Å². The Morgan fingerprint density at radius 3 is 1.96 bits per heavy atom. The first kappa shape index (κ1) is 30.1. The number of anilines is 2. The van der Waals surface area contributed by atoms with E-state index in [0.29, 0.717) is 5.95 Å². The molecule has 1 aliphatic heterocycles. The number of hydrogen-bond donors (Lipinski definition) is 0. The van der Waals surface area contributed by atoms with Gasteiger partial charge in [-0.1, -0.05) is 162 Å². The van der Waals surface area contributed by atoms with Crippen LogP contribution in [0, 0.1) is 0 Å². The molecule has 0 saturated heterocycles. The topological polar surface area (TPSA) is 42.2 Å². The summed E-state index contributed by atoms with van der Waals surface area (Å²) in [4.78, 5) is 13.4. The second kappa shape index (κ2) is 11.5. The van der Waals surface area contributed by atoms with Crippen molar-refractivity contribution in [1.29, 1.82) is 0 Å². The third-order valence-electron chi connectivity index (χ3n) is 11.0. The van der Waals surface area contributed by atoms with E-state index >= 15 is 0 Å². The molecule has 0 radical (unpaired) electrons. The van der Waals surface area contributed by atoms with Gasteiger partial charge in [0.15, 0.2) is 5.58 Å². The van der Waals surface area contributed by atoms with Gasteiger partial charge in [-0.05, 0) is 44.7 Å². The molecule has 3 heterocycles. The van der Waals surface area contributed by atoms with Crippen LogP contribution in [-0.2, 0) is 0 Å². The third-order valence-corrected chi connectivity index (χ3v) is 11.0. The predicted octanol–water partition coefficient (Wildman–Crippen LogP) is 6.94. The van der Waals surface area contributed by atoms with Gasteiger partial charge in [0.05, 0.1) is 16.9 Å². The molecule has 8 aromatic carbocycles. The van der Waals surface area contributed by atoms with E-state index in [0.717, 1.165) is 60.8 Å². The molecule has 7 heteroatoms. The fraction of sp³-hybridized carbons (Fsp3) is 0. The minimum atomic E-state index is -0.257. The smallest absolute Gasteiger partial charge is 0.332 e. The van der Waals surface area contributed by atoms with Crippen LogP contribution in [-0.4, -0.2) is 32.5 Å². The SMILES string of the molecule is Bc1ccc(B2c3ccc4ccccc4c3-c3c(c4oc5ccccc5c4c4ccccc34)N2c2nc(-c3ccc(B)cc3)c3ccccc3n2)cc1. The van der Waals surface area contributed by atoms with E-state index in [1.807, 2.05) is 0 Å². The first-order chi connectivity index (χ1) is 26.1. The summed E-state index contributed by atoms with van der Waals surface area (Å²) >= 11 is 0. The zero-order chi connectivity index (χ0) is 35.2. The van der Waals surface area contributed by atoms with Crippen LogP contribution < -0.4 is 26.7 Å². The van der Waals surface area contributed by atoms with Gasteiger partial charge in [0.25, 0.3) is 0 Å². The van der Waals surface area contributed by atoms with Gasteiger partial charge in [-0.2, -0.15) is 0 Å². The molecule has 2 aromatic heterocycles. The van der Waals surface area contributed by atoms with Crippen molar-refractivity contribution in [2.24, 2.45) is 0 Å². The molecule has 0 aliphatic carbocycles. The summed E-state index contributed by atoms with van der Waals surface area (Å²) in [6.07, 6.45) is 0. The molecule has 0 amide bonds. The molecule has 0 saturated carbocycles. The quantitative estimate of drug-likeness (QED) is 0.191. The summed E-state index contributed by atoms with van der Waals surface area (Å²) in [7, 11) is 4.26. The number of nitrogens with zero attached hydrogens (tertiary/aromatic N) is 3. The van der Waals surface area contributed by atoms with Crippen molar-refractivity contribution < 1.29 is 4.42 Å². The molecule has 1 aliphatic rings. The Balaban J connectivity index is 1.36. The molecule has 0 spiro atoms. The molecule has 0 bridgehead atoms. The fourth-order valence-corrected chi connectivity index (χ4v) is 8.58. The zero-order valence-corrected chi connectivity index (χ0v) is 29.3. The predicted molar refractivity (Wildman–Crippen MR) is 229 cm³/mol. The van der Waals surface area contributed by atoms with Crippen LogP contribution in [0.5, 0.6) is 0 Å². The van der Waals surface area contributed by atoms with Crippen molar-refractivity contribution in [2.45, 2.75) is 0 Å². The van der Waals surface area contributed by atoms with E-state index in [-0.39, 0.29) is 6.85 Å². The fourth-order valence-electron chi connectivity index (χ4n) is 8.58. The molecule has 0 unspecified atom stereocenters. The minimum Gasteiger partial charge on any atom is -0.454 e. The standard InChI is InChI=1S/C46H30B3N3O/c47-29-20-17-28(18-21-29)43-35-13-5-7-15-38(35)50-46(51-43)52-44-42(34-12-4-3-11-33(34)40-36-14-6-8-16-39(36)53-45(40)44)41-32-10-2-1-9-27(32)19-26-37(41)49(52)31-24-22-30(48)23-25-31/h1-26H,47-48H2. The largest absolute Gasteiger partial charge is 0.454 e. The number of furan rings is 1. The minimum absolute atomic E-state index is 0.257. The summed E-state index contributed by atoms with van der Waals surface area (Å²) in [5.41, 5.74) is 12.7. The highest BCUT2D eigenvalue weighted by atomic mass is 16.3. The normalized spacial score (nSPS) is 12.6. The van der Waals surface area contributed by atoms with Crippen LogP contribution in [0.25, 0.3) is 76.8 Å². The lowest BCUT2D eigenvalue weighted by molar-refractivity contribution is 0.669. The van der Waals surface area contributed by atoms with Crippen molar-refractivity contribution in [3.8, 4) is 22.4 Å². The maximum absolute atomic E-state index is 7.06. The number of para-hydroxylation sites is 2. The average molecular weight is 673 g/mol. The number of benzene rings is 8. The maximum atomic E-state index is 7.06. The molecule has 53 heavy (non-hydrogen) atoms. The number of rotatable bonds is 3. The van der Waals surface area contributed by atoms with E-state index < -0.39 is 0 Å². The first-order valence-corrected chi connectivity index (χ1v) is 18.2. The Labute approximate surface area is 308 Å². The average Bonchev–Trinajstić information content (AvgIpc) is 3.60. The molecular formula is C46H30B3N3O. The van der Waals surface area contributed by atoms with Crippen molar-refractivity contribution in [3.05, 3.63) is 158 Å². The van der Waals surface area contributed by atoms with Gasteiger partial charge in [0.2, 0.25) is 5.95 Å². The molecule has 11 rings (SSSR count). The lowest BCUT2D eigenvalue weighted by Crippen LogP contribution is -2.58. The van der Waals surface area contributed by atoms with E-state index in [1.54, 1.807) is 0 Å². The molecule has 0 fully saturated rings. The molecule has 10 aromatic rings. The highest BCUT2D eigenvalue weighted by Crippen LogP contribution is 2.52. The van der Waals surface area contributed by atoms with Crippen molar-refractivity contribution in [3.63, 3.8) is 0 Å². The van der Waals surface area contributed by atoms with Gasteiger partial charge in [-0.3, -0.25) is 0 Å². The molecule has 0 N–H and O–H groups in total. The lowest BCUT2D eigenvalue weighted by atomic mass is 9.45. The number of aromatic nitrogens is 2. The van der Waals surface area contributed by atoms with Crippen molar-refractivity contribution in [1.82, 2.24) is 9.97 Å². The van der Waals surface area contributed by atoms with Crippen LogP contribution in [0.15, 0.2) is 162 Å². The van der Waals surface area contributed by atoms with Crippen molar-refractivity contribution >= 4 is 110 Å². The van der Waals surface area contributed by atoms with Crippen LogP contribution in [0.1, 0.15) is 0 Å². The van der Waals surface area contributed by atoms with E-state index in [2.05, 4.69) is 178 Å². The van der Waals surface area contributed by atoms with Crippen LogP contribution in [0.4, 0.5) is 11.6 Å². The highest BCUT2D eigenvalue weighted by Gasteiger charge is 2.42. The maximum Gasteiger partial charge on any atom is 0.332 e. The van der Waals surface area contributed by atoms with Gasteiger partial charge < -0.3 is 9.23 Å². The van der Waals surface area contributed by atoms with Crippen molar-refractivity contribution in [2.75, 3.05) is 4.81 Å². The second-order valence-corrected chi connectivity index (χ2v) is 14.3. The second-order valence-electron chi connectivity index (χ2n) is 14.3. The molecule has 4 nitrogen and oxygen atoms in total. The van der Waals surface area contributed by atoms with Gasteiger partial charge in [0, 0.05) is 27.3 Å². The molecule has 0 atom stereocenters. The van der Waals surface area contributed by atoms with Gasteiger partial charge in [-0.15, -0.1) is 0 Å². The lowest BCUT2D eigenvalue weighted by Gasteiger charge is -2.38. The zero-order valence-electron chi connectivity index (χ0n) is 29.3. The third kappa shape index (κ3) is 4.47. The first-order valence-electron chi connectivity index (χ1n) is 18.2. The van der Waals surface area contributed by atoms with Gasteiger partial charge in [0.1, 0.15) is 21.3 Å². The highest BCUT2D eigenvalue weighted by molar-refractivity contribution is 6.91. The van der Waals surface area contributed by atoms with E-state index in [1.165, 1.54) is 43.5 Å². The van der Waals surface area contributed by atoms with Crippen LogP contribution in [0.3, 0.4) is 0 Å². The number of fused-ring (bicyclic) bond motifs is 13. The van der Waals surface area contributed by atoms with Gasteiger partial charge in [-0.25, -0.2) is 9.97 Å². The number of hydrogen-bond acceptors (Lipinski definition) is 4. The van der Waals surface area contributed by atoms with Crippen LogP contribution in [0.2, 0.25) is 0 Å². The Morgan fingerprint density at radius 2 is 1.17 bits per heavy atom. The summed E-state index contributed by atoms with van der Waals surface area (Å²) < 4.78 is 7.06. The molecule has 244 valence electrons. The monoisotopic (exact) mass is 673 g/mol. The molecular weight excluding hydrogens is 643 g/mol. The van der Waals surface area contributed by atoms with Gasteiger partial charge >= 0.3 is 6.85 Å².